The lowest BCUT2D eigenvalue weighted by Gasteiger charge is -2.38. The minimum atomic E-state index is -5.06. The van der Waals surface area contributed by atoms with E-state index in [9.17, 15) is 14.0 Å². The monoisotopic (exact) mass is 233 g/mol. The molecule has 0 aromatic carbocycles. The zero-order valence-electron chi connectivity index (χ0n) is 7.49. The van der Waals surface area contributed by atoms with Crippen molar-refractivity contribution in [2.75, 3.05) is 21.1 Å². The van der Waals surface area contributed by atoms with E-state index in [2.05, 4.69) is 0 Å². The molecule has 0 amide bonds. The predicted molar refractivity (Wildman–Crippen MR) is 43.7 cm³/mol. The summed E-state index contributed by atoms with van der Waals surface area (Å²) in [5.41, 5.74) is -2.11. The van der Waals surface area contributed by atoms with E-state index in [0.29, 0.717) is 0 Å². The molecule has 3 N–H and O–H groups in total. The number of quaternary nitrogens is 1. The van der Waals surface area contributed by atoms with Gasteiger partial charge in [0.05, 0.1) is 21.1 Å². The molecule has 0 aliphatic carbocycles. The zero-order valence-corrected chi connectivity index (χ0v) is 9.27. The van der Waals surface area contributed by atoms with Crippen molar-refractivity contribution in [1.82, 2.24) is 0 Å². The topological polar surface area (TPSA) is 118 Å². The van der Waals surface area contributed by atoms with Crippen molar-refractivity contribution in [3.05, 3.63) is 0 Å². The molecule has 13 heavy (non-hydrogen) atoms. The molecule has 9 heteroatoms. The third-order valence-electron chi connectivity index (χ3n) is 1.29. The Morgan fingerprint density at radius 3 is 1.46 bits per heavy atom. The van der Waals surface area contributed by atoms with Crippen LogP contribution in [0, 0.1) is 0 Å². The first kappa shape index (κ1) is 13.3. The Morgan fingerprint density at radius 1 is 1.15 bits per heavy atom. The molecule has 0 saturated heterocycles. The Labute approximate surface area is 75.9 Å². The Balaban J connectivity index is 5.28. The van der Waals surface area contributed by atoms with Gasteiger partial charge in [0.2, 0.25) is 7.60 Å². The highest BCUT2D eigenvalue weighted by molar-refractivity contribution is 7.69. The van der Waals surface area contributed by atoms with Gasteiger partial charge >= 0.3 is 7.60 Å². The van der Waals surface area contributed by atoms with Gasteiger partial charge in [0.1, 0.15) is 0 Å². The maximum absolute atomic E-state index is 10.8. The van der Waals surface area contributed by atoms with Crippen LogP contribution in [0.5, 0.6) is 0 Å². The van der Waals surface area contributed by atoms with Crippen LogP contribution >= 0.6 is 15.2 Å². The van der Waals surface area contributed by atoms with E-state index in [1.807, 2.05) is 0 Å². The molecule has 0 aromatic heterocycles. The van der Waals surface area contributed by atoms with Gasteiger partial charge in [-0.3, -0.25) is 4.57 Å². The van der Waals surface area contributed by atoms with Crippen molar-refractivity contribution in [1.29, 1.82) is 0 Å². The van der Waals surface area contributed by atoms with Gasteiger partial charge in [-0.25, -0.2) is 0 Å². The van der Waals surface area contributed by atoms with Crippen LogP contribution in [0.2, 0.25) is 0 Å². The van der Waals surface area contributed by atoms with E-state index in [4.69, 9.17) is 14.7 Å². The van der Waals surface area contributed by atoms with Crippen LogP contribution in [0.1, 0.15) is 0 Å². The molecule has 0 bridgehead atoms. The van der Waals surface area contributed by atoms with Crippen LogP contribution < -0.4 is 4.89 Å². The molecule has 0 spiro atoms. The molecule has 2 unspecified atom stereocenters. The summed E-state index contributed by atoms with van der Waals surface area (Å²) in [7, 11) is -6.13. The smallest absolute Gasteiger partial charge is 0.391 e. The van der Waals surface area contributed by atoms with Crippen LogP contribution in [0.4, 0.5) is 0 Å². The second-order valence-corrected chi connectivity index (χ2v) is 7.31. The number of nitrogens with zero attached hydrogens (tertiary/aromatic N) is 1. The Kier molecular flexibility index (Phi) is 3.51. The van der Waals surface area contributed by atoms with Crippen LogP contribution in [0.15, 0.2) is 0 Å². The molecule has 0 radical (unpaired) electrons. The lowest BCUT2D eigenvalue weighted by molar-refractivity contribution is -0.872. The Bertz CT molecular complexity index is 249. The predicted octanol–water partition coefficient (Wildman–Crippen LogP) is -1.30. The SMILES string of the molecule is C[N+](C)(C)C(P(=O)([O-])O)P(=O)(O)O. The second-order valence-electron chi connectivity index (χ2n) is 3.62. The van der Waals surface area contributed by atoms with Gasteiger partial charge in [-0.1, -0.05) is 0 Å². The van der Waals surface area contributed by atoms with Crippen molar-refractivity contribution >= 4 is 15.2 Å². The van der Waals surface area contributed by atoms with Gasteiger partial charge in [-0.15, -0.1) is 0 Å². The van der Waals surface area contributed by atoms with E-state index in [1.54, 1.807) is 0 Å². The van der Waals surface area contributed by atoms with Crippen LogP contribution in [-0.2, 0) is 9.13 Å². The Hall–Kier alpha value is 0.260. The van der Waals surface area contributed by atoms with E-state index in [0.717, 1.165) is 0 Å². The summed E-state index contributed by atoms with van der Waals surface area (Å²) in [5, 5.41) is 0. The quantitative estimate of drug-likeness (QED) is 0.412. The maximum Gasteiger partial charge on any atom is 0.391 e. The molecule has 0 saturated carbocycles. The third kappa shape index (κ3) is 3.87. The summed E-state index contributed by atoms with van der Waals surface area (Å²) in [6, 6.07) is 0. The third-order valence-corrected chi connectivity index (χ3v) is 5.63. The minimum Gasteiger partial charge on any atom is -0.774 e. The fraction of sp³-hybridized carbons (Fsp3) is 1.00. The van der Waals surface area contributed by atoms with Crippen molar-refractivity contribution in [3.63, 3.8) is 0 Å². The van der Waals surface area contributed by atoms with Crippen molar-refractivity contribution in [2.24, 2.45) is 0 Å². The van der Waals surface area contributed by atoms with Crippen molar-refractivity contribution < 1.29 is 33.2 Å². The van der Waals surface area contributed by atoms with Crippen molar-refractivity contribution in [2.45, 2.75) is 5.52 Å². The summed E-state index contributed by atoms with van der Waals surface area (Å²) in [6.07, 6.45) is 0. The lowest BCUT2D eigenvalue weighted by atomic mass is 10.8. The fourth-order valence-corrected chi connectivity index (χ4v) is 4.38. The average molecular weight is 233 g/mol. The number of rotatable bonds is 3. The summed E-state index contributed by atoms with van der Waals surface area (Å²) in [4.78, 5) is 36.8. The lowest BCUT2D eigenvalue weighted by Crippen LogP contribution is -2.46. The summed E-state index contributed by atoms with van der Waals surface area (Å²) in [5.74, 6) is 0. The molecular weight excluding hydrogens is 220 g/mol. The highest BCUT2D eigenvalue weighted by atomic mass is 31.2. The fourth-order valence-electron chi connectivity index (χ4n) is 1.08. The highest BCUT2D eigenvalue weighted by Gasteiger charge is 2.47. The van der Waals surface area contributed by atoms with E-state index < -0.39 is 25.2 Å². The van der Waals surface area contributed by atoms with Crippen LogP contribution in [-0.4, -0.2) is 45.8 Å². The number of hydrogen-bond acceptors (Lipinski definition) is 3. The van der Waals surface area contributed by atoms with E-state index in [-0.39, 0.29) is 0 Å². The molecule has 80 valence electrons. The zero-order chi connectivity index (χ0) is 11.1. The van der Waals surface area contributed by atoms with Gasteiger partial charge in [-0.05, 0) is 0 Å². The molecule has 0 fully saturated rings. The molecule has 0 aliphatic rings. The number of hydrogen-bond donors (Lipinski definition) is 3. The molecule has 0 rings (SSSR count). The van der Waals surface area contributed by atoms with Gasteiger partial charge in [0.25, 0.3) is 5.52 Å². The second kappa shape index (κ2) is 3.44. The summed E-state index contributed by atoms with van der Waals surface area (Å²) in [6.45, 7) is 0. The van der Waals surface area contributed by atoms with Gasteiger partial charge in [0, 0.05) is 0 Å². The molecule has 0 aromatic rings. The van der Waals surface area contributed by atoms with E-state index in [1.165, 1.54) is 21.1 Å². The molecule has 0 aliphatic heterocycles. The van der Waals surface area contributed by atoms with Gasteiger partial charge in [0.15, 0.2) is 0 Å². The van der Waals surface area contributed by atoms with Gasteiger partial charge in [-0.2, -0.15) is 0 Å². The van der Waals surface area contributed by atoms with Gasteiger partial charge < -0.3 is 28.6 Å². The molecule has 0 heterocycles. The first-order valence-electron chi connectivity index (χ1n) is 3.26. The highest BCUT2D eigenvalue weighted by Crippen LogP contribution is 2.59. The average Bonchev–Trinajstić information content (AvgIpc) is 1.44. The Morgan fingerprint density at radius 2 is 1.46 bits per heavy atom. The largest absolute Gasteiger partial charge is 0.774 e. The standard InChI is InChI=1S/C4H13NO6P2/c1-5(2,3)4(12(6,7)8)13(9,10)11/h4H,1-3H3,(H3-,6,7,8,9,10,11). The van der Waals surface area contributed by atoms with Crippen LogP contribution in [0.25, 0.3) is 0 Å². The molecule has 7 nitrogen and oxygen atoms in total. The van der Waals surface area contributed by atoms with Crippen LogP contribution in [0.3, 0.4) is 0 Å². The first-order chi connectivity index (χ1) is 5.37. The molecule has 2 atom stereocenters. The first-order valence-corrected chi connectivity index (χ1v) is 6.59. The summed E-state index contributed by atoms with van der Waals surface area (Å²) >= 11 is 0. The molecular formula is C4H13NO6P2. The maximum atomic E-state index is 10.8. The van der Waals surface area contributed by atoms with E-state index >= 15 is 0 Å². The van der Waals surface area contributed by atoms with Crippen molar-refractivity contribution in [3.8, 4) is 0 Å². The normalized spacial score (nSPS) is 20.8. The minimum absolute atomic E-state index is 0.554. The summed E-state index contributed by atoms with van der Waals surface area (Å²) < 4.78 is 20.9.